The van der Waals surface area contributed by atoms with Crippen LogP contribution in [0.1, 0.15) is 5.56 Å². The van der Waals surface area contributed by atoms with Crippen LogP contribution in [-0.2, 0) is 0 Å². The van der Waals surface area contributed by atoms with Crippen molar-refractivity contribution in [2.24, 2.45) is 0 Å². The van der Waals surface area contributed by atoms with E-state index < -0.39 is 0 Å². The second-order valence-corrected chi connectivity index (χ2v) is 3.83. The van der Waals surface area contributed by atoms with Crippen LogP contribution in [0, 0.1) is 11.3 Å². The molecular formula is C13H9N5O. The van der Waals surface area contributed by atoms with Crippen LogP contribution in [0.5, 0.6) is 5.75 Å². The van der Waals surface area contributed by atoms with Gasteiger partial charge >= 0.3 is 0 Å². The molecule has 0 saturated heterocycles. The Morgan fingerprint density at radius 2 is 2.00 bits per heavy atom. The Bertz CT molecular complexity index is 770. The highest BCUT2D eigenvalue weighted by atomic mass is 16.5. The monoisotopic (exact) mass is 251 g/mol. The van der Waals surface area contributed by atoms with E-state index in [4.69, 9.17) is 4.74 Å². The Kier molecular flexibility index (Phi) is 2.58. The number of aromatic nitrogens is 4. The van der Waals surface area contributed by atoms with Crippen LogP contribution in [-0.4, -0.2) is 26.7 Å². The first kappa shape index (κ1) is 11.2. The van der Waals surface area contributed by atoms with E-state index in [-0.39, 0.29) is 0 Å². The summed E-state index contributed by atoms with van der Waals surface area (Å²) >= 11 is 0. The summed E-state index contributed by atoms with van der Waals surface area (Å²) in [7, 11) is 1.61. The molecule has 1 aromatic carbocycles. The normalized spacial score (nSPS) is 10.3. The van der Waals surface area contributed by atoms with Crippen molar-refractivity contribution in [1.29, 1.82) is 5.26 Å². The van der Waals surface area contributed by atoms with E-state index >= 15 is 0 Å². The molecule has 0 fully saturated rings. The van der Waals surface area contributed by atoms with Gasteiger partial charge in [-0.3, -0.25) is 0 Å². The second-order valence-electron chi connectivity index (χ2n) is 3.83. The van der Waals surface area contributed by atoms with Crippen molar-refractivity contribution in [3.63, 3.8) is 0 Å². The molecule has 0 saturated carbocycles. The summed E-state index contributed by atoms with van der Waals surface area (Å²) in [5.41, 5.74) is 1.98. The van der Waals surface area contributed by atoms with Gasteiger partial charge in [0, 0.05) is 5.56 Å². The van der Waals surface area contributed by atoms with Crippen LogP contribution >= 0.6 is 0 Å². The van der Waals surface area contributed by atoms with Gasteiger partial charge in [-0.15, -0.1) is 0 Å². The maximum atomic E-state index is 9.20. The van der Waals surface area contributed by atoms with Crippen LogP contribution in [0.15, 0.2) is 36.8 Å². The van der Waals surface area contributed by atoms with Gasteiger partial charge in [-0.25, -0.2) is 4.98 Å². The van der Waals surface area contributed by atoms with Crippen molar-refractivity contribution in [3.05, 3.63) is 42.4 Å². The minimum Gasteiger partial charge on any atom is -0.497 e. The third-order valence-corrected chi connectivity index (χ3v) is 2.79. The van der Waals surface area contributed by atoms with Gasteiger partial charge in [0.2, 0.25) is 0 Å². The Labute approximate surface area is 108 Å². The zero-order chi connectivity index (χ0) is 13.2. The van der Waals surface area contributed by atoms with Crippen LogP contribution < -0.4 is 4.74 Å². The van der Waals surface area contributed by atoms with E-state index in [1.54, 1.807) is 11.6 Å². The van der Waals surface area contributed by atoms with Gasteiger partial charge in [0.15, 0.2) is 0 Å². The molecule has 19 heavy (non-hydrogen) atoms. The molecule has 0 aliphatic rings. The van der Waals surface area contributed by atoms with E-state index in [0.29, 0.717) is 17.0 Å². The molecule has 0 aliphatic carbocycles. The summed E-state index contributed by atoms with van der Waals surface area (Å²) in [6, 6.07) is 9.53. The van der Waals surface area contributed by atoms with Gasteiger partial charge in [-0.2, -0.15) is 19.9 Å². The summed E-state index contributed by atoms with van der Waals surface area (Å²) in [4.78, 5) is 8.09. The van der Waals surface area contributed by atoms with E-state index in [9.17, 15) is 5.26 Å². The number of benzene rings is 1. The molecule has 0 unspecified atom stereocenters. The van der Waals surface area contributed by atoms with Crippen LogP contribution in [0.2, 0.25) is 0 Å². The first-order valence-corrected chi connectivity index (χ1v) is 5.57. The predicted molar refractivity (Wildman–Crippen MR) is 67.5 cm³/mol. The molecule has 2 aromatic heterocycles. The molecule has 6 heteroatoms. The fraction of sp³-hybridized carbons (Fsp3) is 0.0769. The summed E-state index contributed by atoms with van der Waals surface area (Å²) in [5, 5.41) is 13.3. The third kappa shape index (κ3) is 1.77. The SMILES string of the molecule is COc1ccc(-c2c(C#N)cnc3ncnn23)cc1. The van der Waals surface area contributed by atoms with Crippen LogP contribution in [0.3, 0.4) is 0 Å². The highest BCUT2D eigenvalue weighted by Gasteiger charge is 2.12. The minimum atomic E-state index is 0.447. The molecular weight excluding hydrogens is 242 g/mol. The van der Waals surface area contributed by atoms with Gasteiger partial charge in [-0.05, 0) is 24.3 Å². The lowest BCUT2D eigenvalue weighted by Gasteiger charge is -2.07. The number of methoxy groups -OCH3 is 1. The molecule has 3 rings (SSSR count). The smallest absolute Gasteiger partial charge is 0.252 e. The standard InChI is InChI=1S/C13H9N5O/c1-19-11-4-2-9(3-5-11)12-10(6-14)7-15-13-16-8-17-18(12)13/h2-5,7-8H,1H3. The van der Waals surface area contributed by atoms with Gasteiger partial charge in [0.1, 0.15) is 18.1 Å². The third-order valence-electron chi connectivity index (χ3n) is 2.79. The van der Waals surface area contributed by atoms with Crippen LogP contribution in [0.25, 0.3) is 17.0 Å². The maximum Gasteiger partial charge on any atom is 0.252 e. The molecule has 3 aromatic rings. The summed E-state index contributed by atoms with van der Waals surface area (Å²) in [6.45, 7) is 0. The zero-order valence-electron chi connectivity index (χ0n) is 10.1. The Balaban J connectivity index is 2.27. The van der Waals surface area contributed by atoms with E-state index in [1.807, 2.05) is 24.3 Å². The van der Waals surface area contributed by atoms with Crippen molar-refractivity contribution in [2.75, 3.05) is 7.11 Å². The predicted octanol–water partition coefficient (Wildman–Crippen LogP) is 1.67. The molecule has 0 N–H and O–H groups in total. The van der Waals surface area contributed by atoms with Gasteiger partial charge < -0.3 is 4.74 Å². The van der Waals surface area contributed by atoms with Gasteiger partial charge in [-0.1, -0.05) is 0 Å². The topological polar surface area (TPSA) is 76.1 Å². The summed E-state index contributed by atoms with van der Waals surface area (Å²) in [6.07, 6.45) is 2.92. The molecule has 0 atom stereocenters. The second kappa shape index (κ2) is 4.38. The van der Waals surface area contributed by atoms with E-state index in [1.165, 1.54) is 12.5 Å². The average molecular weight is 251 g/mol. The first-order valence-electron chi connectivity index (χ1n) is 5.57. The molecule has 0 aliphatic heterocycles. The Morgan fingerprint density at radius 1 is 1.21 bits per heavy atom. The maximum absolute atomic E-state index is 9.20. The number of ether oxygens (including phenoxy) is 1. The molecule has 0 spiro atoms. The number of nitrogens with zero attached hydrogens (tertiary/aromatic N) is 5. The largest absolute Gasteiger partial charge is 0.497 e. The van der Waals surface area contributed by atoms with E-state index in [2.05, 4.69) is 21.1 Å². The Morgan fingerprint density at radius 3 is 2.68 bits per heavy atom. The molecule has 0 bridgehead atoms. The number of fused-ring (bicyclic) bond motifs is 1. The zero-order valence-corrected chi connectivity index (χ0v) is 10.1. The van der Waals surface area contributed by atoms with Crippen molar-refractivity contribution >= 4 is 5.78 Å². The molecule has 92 valence electrons. The number of rotatable bonds is 2. The first-order chi connectivity index (χ1) is 9.33. The van der Waals surface area contributed by atoms with Gasteiger partial charge in [0.05, 0.1) is 24.6 Å². The fourth-order valence-electron chi connectivity index (χ4n) is 1.89. The van der Waals surface area contributed by atoms with Crippen molar-refractivity contribution in [3.8, 4) is 23.1 Å². The van der Waals surface area contributed by atoms with Crippen molar-refractivity contribution in [1.82, 2.24) is 19.6 Å². The molecule has 0 amide bonds. The van der Waals surface area contributed by atoms with Crippen molar-refractivity contribution < 1.29 is 4.74 Å². The lowest BCUT2D eigenvalue weighted by molar-refractivity contribution is 0.415. The molecule has 0 radical (unpaired) electrons. The number of hydrogen-bond acceptors (Lipinski definition) is 5. The average Bonchev–Trinajstić information content (AvgIpc) is 2.94. The highest BCUT2D eigenvalue weighted by molar-refractivity contribution is 5.68. The number of nitriles is 1. The summed E-state index contributed by atoms with van der Waals surface area (Å²) in [5.74, 6) is 1.22. The quantitative estimate of drug-likeness (QED) is 0.692. The molecule has 2 heterocycles. The number of hydrogen-bond donors (Lipinski definition) is 0. The Hall–Kier alpha value is -2.94. The minimum absolute atomic E-state index is 0.447. The summed E-state index contributed by atoms with van der Waals surface area (Å²) < 4.78 is 6.68. The lowest BCUT2D eigenvalue weighted by atomic mass is 10.1. The van der Waals surface area contributed by atoms with Gasteiger partial charge in [0.25, 0.3) is 5.78 Å². The fourth-order valence-corrected chi connectivity index (χ4v) is 1.89. The highest BCUT2D eigenvalue weighted by Crippen LogP contribution is 2.24. The van der Waals surface area contributed by atoms with Crippen molar-refractivity contribution in [2.45, 2.75) is 0 Å². The van der Waals surface area contributed by atoms with E-state index in [0.717, 1.165) is 11.3 Å². The lowest BCUT2D eigenvalue weighted by Crippen LogP contribution is -2.00. The molecule has 6 nitrogen and oxygen atoms in total. The van der Waals surface area contributed by atoms with Crippen LogP contribution in [0.4, 0.5) is 0 Å².